The van der Waals surface area contributed by atoms with Crippen molar-refractivity contribution in [3.63, 3.8) is 0 Å². The second-order valence-electron chi connectivity index (χ2n) is 6.89. The molecule has 0 saturated heterocycles. The van der Waals surface area contributed by atoms with Crippen LogP contribution in [0.25, 0.3) is 38.6 Å². The standard InChI is InChI=1S/C24H18N4S/c1-17-10-11-25-22(12-17)21-14-24(29-16-21)28-15-23(26-27-28)20-9-5-8-19(13-20)18-6-3-2-4-7-18/h2-16H,1H3. The highest BCUT2D eigenvalue weighted by Crippen LogP contribution is 2.29. The highest BCUT2D eigenvalue weighted by molar-refractivity contribution is 7.13. The monoisotopic (exact) mass is 394 g/mol. The van der Waals surface area contributed by atoms with Gasteiger partial charge in [0.15, 0.2) is 0 Å². The van der Waals surface area contributed by atoms with E-state index < -0.39 is 0 Å². The molecule has 0 amide bonds. The van der Waals surface area contributed by atoms with Gasteiger partial charge in [-0.25, -0.2) is 4.68 Å². The number of pyridine rings is 1. The lowest BCUT2D eigenvalue weighted by Gasteiger charge is -2.03. The Morgan fingerprint density at radius 1 is 0.759 bits per heavy atom. The fraction of sp³-hybridized carbons (Fsp3) is 0.0417. The molecule has 4 nitrogen and oxygen atoms in total. The van der Waals surface area contributed by atoms with Crippen molar-refractivity contribution in [3.05, 3.63) is 96.1 Å². The molecule has 0 saturated carbocycles. The predicted octanol–water partition coefficient (Wildman–Crippen LogP) is 6.03. The number of aromatic nitrogens is 4. The normalized spacial score (nSPS) is 10.9. The third-order valence-electron chi connectivity index (χ3n) is 4.78. The summed E-state index contributed by atoms with van der Waals surface area (Å²) in [7, 11) is 0. The van der Waals surface area contributed by atoms with Gasteiger partial charge in [-0.15, -0.1) is 16.4 Å². The quantitative estimate of drug-likeness (QED) is 0.374. The maximum absolute atomic E-state index is 4.47. The van der Waals surface area contributed by atoms with Gasteiger partial charge in [0, 0.05) is 22.7 Å². The first-order valence-electron chi connectivity index (χ1n) is 9.36. The molecule has 0 radical (unpaired) electrons. The van der Waals surface area contributed by atoms with E-state index >= 15 is 0 Å². The zero-order valence-electron chi connectivity index (χ0n) is 15.9. The van der Waals surface area contributed by atoms with Crippen LogP contribution in [0.3, 0.4) is 0 Å². The number of hydrogen-bond acceptors (Lipinski definition) is 4. The molecule has 5 heteroatoms. The van der Waals surface area contributed by atoms with E-state index in [9.17, 15) is 0 Å². The Hall–Kier alpha value is -3.57. The number of benzene rings is 2. The Morgan fingerprint density at radius 2 is 1.59 bits per heavy atom. The van der Waals surface area contributed by atoms with Gasteiger partial charge >= 0.3 is 0 Å². The van der Waals surface area contributed by atoms with Crippen LogP contribution in [-0.2, 0) is 0 Å². The van der Waals surface area contributed by atoms with E-state index in [4.69, 9.17) is 0 Å². The van der Waals surface area contributed by atoms with Crippen molar-refractivity contribution < 1.29 is 0 Å². The summed E-state index contributed by atoms with van der Waals surface area (Å²) in [6.07, 6.45) is 3.82. The van der Waals surface area contributed by atoms with E-state index in [1.807, 2.05) is 29.2 Å². The van der Waals surface area contributed by atoms with Crippen LogP contribution in [0.2, 0.25) is 0 Å². The second kappa shape index (κ2) is 7.45. The van der Waals surface area contributed by atoms with Crippen LogP contribution in [0, 0.1) is 6.92 Å². The lowest BCUT2D eigenvalue weighted by atomic mass is 10.0. The number of rotatable bonds is 4. The molecule has 3 heterocycles. The molecular formula is C24H18N4S. The Labute approximate surface area is 173 Å². The van der Waals surface area contributed by atoms with Gasteiger partial charge in [-0.05, 0) is 47.9 Å². The van der Waals surface area contributed by atoms with Crippen LogP contribution in [0.5, 0.6) is 0 Å². The van der Waals surface area contributed by atoms with E-state index in [-0.39, 0.29) is 0 Å². The molecule has 5 aromatic rings. The minimum Gasteiger partial charge on any atom is -0.256 e. The minimum absolute atomic E-state index is 0.853. The maximum Gasteiger partial charge on any atom is 0.120 e. The molecular weight excluding hydrogens is 376 g/mol. The molecule has 0 spiro atoms. The number of hydrogen-bond donors (Lipinski definition) is 0. The van der Waals surface area contributed by atoms with E-state index in [0.717, 1.165) is 27.5 Å². The summed E-state index contributed by atoms with van der Waals surface area (Å²) in [5, 5.41) is 11.9. The van der Waals surface area contributed by atoms with Gasteiger partial charge in [0.25, 0.3) is 0 Å². The summed E-state index contributed by atoms with van der Waals surface area (Å²) in [6, 6.07) is 24.9. The fourth-order valence-corrected chi connectivity index (χ4v) is 4.09. The zero-order valence-corrected chi connectivity index (χ0v) is 16.7. The Morgan fingerprint density at radius 3 is 2.45 bits per heavy atom. The molecule has 2 aromatic carbocycles. The lowest BCUT2D eigenvalue weighted by molar-refractivity contribution is 0.815. The molecule has 0 fully saturated rings. The first-order chi connectivity index (χ1) is 14.3. The van der Waals surface area contributed by atoms with Crippen LogP contribution in [-0.4, -0.2) is 20.0 Å². The van der Waals surface area contributed by atoms with E-state index in [1.54, 1.807) is 11.3 Å². The predicted molar refractivity (Wildman–Crippen MR) is 118 cm³/mol. The van der Waals surface area contributed by atoms with Crippen molar-refractivity contribution in [2.45, 2.75) is 6.92 Å². The highest BCUT2D eigenvalue weighted by atomic mass is 32.1. The SMILES string of the molecule is Cc1ccnc(-c2csc(-n3cc(-c4cccc(-c5ccccc5)c4)nn3)c2)c1. The average molecular weight is 395 g/mol. The molecule has 0 bridgehead atoms. The maximum atomic E-state index is 4.47. The average Bonchev–Trinajstić information content (AvgIpc) is 3.44. The summed E-state index contributed by atoms with van der Waals surface area (Å²) in [5.74, 6) is 0. The molecule has 140 valence electrons. The van der Waals surface area contributed by atoms with Crippen molar-refractivity contribution in [2.75, 3.05) is 0 Å². The van der Waals surface area contributed by atoms with Crippen molar-refractivity contribution in [1.29, 1.82) is 0 Å². The van der Waals surface area contributed by atoms with Crippen LogP contribution in [0.15, 0.2) is 90.6 Å². The summed E-state index contributed by atoms with van der Waals surface area (Å²) in [5.41, 5.74) is 7.53. The lowest BCUT2D eigenvalue weighted by Crippen LogP contribution is -1.90. The molecule has 3 aromatic heterocycles. The van der Waals surface area contributed by atoms with E-state index in [1.165, 1.54) is 16.7 Å². The molecule has 0 unspecified atom stereocenters. The number of aryl methyl sites for hydroxylation is 1. The molecule has 0 aliphatic heterocycles. The zero-order chi connectivity index (χ0) is 19.6. The number of thiophene rings is 1. The van der Waals surface area contributed by atoms with Crippen LogP contribution >= 0.6 is 11.3 Å². The molecule has 0 aliphatic carbocycles. The summed E-state index contributed by atoms with van der Waals surface area (Å²) in [6.45, 7) is 2.08. The van der Waals surface area contributed by atoms with Crippen molar-refractivity contribution in [2.24, 2.45) is 0 Å². The highest BCUT2D eigenvalue weighted by Gasteiger charge is 2.10. The van der Waals surface area contributed by atoms with Gasteiger partial charge in [0.1, 0.15) is 10.7 Å². The Kier molecular flexibility index (Phi) is 4.50. The summed E-state index contributed by atoms with van der Waals surface area (Å²) < 4.78 is 1.83. The van der Waals surface area contributed by atoms with Gasteiger partial charge in [0.2, 0.25) is 0 Å². The van der Waals surface area contributed by atoms with E-state index in [0.29, 0.717) is 0 Å². The van der Waals surface area contributed by atoms with Crippen molar-refractivity contribution in [3.8, 4) is 38.6 Å². The first kappa shape index (κ1) is 17.5. The van der Waals surface area contributed by atoms with Crippen LogP contribution < -0.4 is 0 Å². The fourth-order valence-electron chi connectivity index (χ4n) is 3.27. The van der Waals surface area contributed by atoms with Crippen molar-refractivity contribution in [1.82, 2.24) is 20.0 Å². The minimum atomic E-state index is 0.853. The molecule has 0 atom stereocenters. The van der Waals surface area contributed by atoms with E-state index in [2.05, 4.69) is 88.3 Å². The van der Waals surface area contributed by atoms with Gasteiger partial charge in [-0.1, -0.05) is 53.7 Å². The van der Waals surface area contributed by atoms with Gasteiger partial charge in [-0.3, -0.25) is 4.98 Å². The largest absolute Gasteiger partial charge is 0.256 e. The topological polar surface area (TPSA) is 43.6 Å². The molecule has 0 aliphatic rings. The second-order valence-corrected chi connectivity index (χ2v) is 7.78. The first-order valence-corrected chi connectivity index (χ1v) is 10.2. The Bertz CT molecular complexity index is 1270. The Balaban J connectivity index is 1.45. The number of nitrogens with zero attached hydrogens (tertiary/aromatic N) is 4. The molecule has 29 heavy (non-hydrogen) atoms. The van der Waals surface area contributed by atoms with Crippen LogP contribution in [0.4, 0.5) is 0 Å². The van der Waals surface area contributed by atoms with Gasteiger partial charge < -0.3 is 0 Å². The molecule has 0 N–H and O–H groups in total. The smallest absolute Gasteiger partial charge is 0.120 e. The third-order valence-corrected chi connectivity index (χ3v) is 5.70. The van der Waals surface area contributed by atoms with Gasteiger partial charge in [0.05, 0.1) is 11.9 Å². The molecule has 5 rings (SSSR count). The van der Waals surface area contributed by atoms with Gasteiger partial charge in [-0.2, -0.15) is 0 Å². The van der Waals surface area contributed by atoms with Crippen molar-refractivity contribution >= 4 is 11.3 Å². The third kappa shape index (κ3) is 3.60. The summed E-state index contributed by atoms with van der Waals surface area (Å²) in [4.78, 5) is 4.47. The summed E-state index contributed by atoms with van der Waals surface area (Å²) >= 11 is 1.63. The van der Waals surface area contributed by atoms with Crippen LogP contribution in [0.1, 0.15) is 5.56 Å².